The summed E-state index contributed by atoms with van der Waals surface area (Å²) in [5.74, 6) is 0.0601. The summed E-state index contributed by atoms with van der Waals surface area (Å²) in [4.78, 5) is 14.4. The summed E-state index contributed by atoms with van der Waals surface area (Å²) in [7, 11) is 0. The second kappa shape index (κ2) is 5.74. The van der Waals surface area contributed by atoms with E-state index in [-0.39, 0.29) is 24.7 Å². The quantitative estimate of drug-likeness (QED) is 0.513. The van der Waals surface area contributed by atoms with Gasteiger partial charge in [0.05, 0.1) is 23.7 Å². The van der Waals surface area contributed by atoms with Gasteiger partial charge in [0.15, 0.2) is 0 Å². The summed E-state index contributed by atoms with van der Waals surface area (Å²) < 4.78 is 0. The molecule has 0 fully saturated rings. The first-order valence-corrected chi connectivity index (χ1v) is 5.59. The van der Waals surface area contributed by atoms with Crippen LogP contribution in [0.15, 0.2) is 12.3 Å². The van der Waals surface area contributed by atoms with Crippen LogP contribution in [-0.4, -0.2) is 38.9 Å². The first-order chi connectivity index (χ1) is 8.49. The van der Waals surface area contributed by atoms with Gasteiger partial charge in [-0.2, -0.15) is 0 Å². The lowest BCUT2D eigenvalue weighted by Gasteiger charge is -2.30. The zero-order chi connectivity index (χ0) is 13.8. The molecule has 0 amide bonds. The Morgan fingerprint density at radius 2 is 2.11 bits per heavy atom. The molecule has 0 aliphatic carbocycles. The lowest BCUT2D eigenvalue weighted by molar-refractivity contribution is -0.384. The first-order valence-electron chi connectivity index (χ1n) is 5.59. The standard InChI is InChI=1S/C11H17N3O4/c1-3-11(6-15,7-16)13-10-9(14(17)18)8(2)4-5-12-10/h4-5,15-16H,3,6-7H2,1-2H3,(H,12,13). The lowest BCUT2D eigenvalue weighted by atomic mass is 9.98. The van der Waals surface area contributed by atoms with Gasteiger partial charge in [-0.3, -0.25) is 10.1 Å². The number of nitrogens with zero attached hydrogens (tertiary/aromatic N) is 2. The molecule has 18 heavy (non-hydrogen) atoms. The highest BCUT2D eigenvalue weighted by molar-refractivity contribution is 5.61. The summed E-state index contributed by atoms with van der Waals surface area (Å²) in [5.41, 5.74) is -0.679. The molecule has 0 spiro atoms. The van der Waals surface area contributed by atoms with Crippen LogP contribution in [0.1, 0.15) is 18.9 Å². The van der Waals surface area contributed by atoms with Crippen molar-refractivity contribution >= 4 is 11.5 Å². The maximum Gasteiger partial charge on any atom is 0.314 e. The van der Waals surface area contributed by atoms with E-state index in [1.54, 1.807) is 13.8 Å². The molecule has 1 aromatic rings. The second-order valence-corrected chi connectivity index (χ2v) is 4.16. The van der Waals surface area contributed by atoms with Gasteiger partial charge in [-0.15, -0.1) is 0 Å². The number of rotatable bonds is 6. The zero-order valence-corrected chi connectivity index (χ0v) is 10.4. The van der Waals surface area contributed by atoms with Gasteiger partial charge in [0, 0.05) is 11.8 Å². The normalized spacial score (nSPS) is 11.3. The highest BCUT2D eigenvalue weighted by Crippen LogP contribution is 2.28. The van der Waals surface area contributed by atoms with Crippen LogP contribution in [0.3, 0.4) is 0 Å². The van der Waals surface area contributed by atoms with E-state index in [0.29, 0.717) is 12.0 Å². The number of aryl methyl sites for hydroxylation is 1. The predicted molar refractivity (Wildman–Crippen MR) is 66.4 cm³/mol. The van der Waals surface area contributed by atoms with Crippen LogP contribution in [0.25, 0.3) is 0 Å². The fourth-order valence-corrected chi connectivity index (χ4v) is 1.56. The van der Waals surface area contributed by atoms with Crippen molar-refractivity contribution in [1.82, 2.24) is 4.98 Å². The number of anilines is 1. The Bertz CT molecular complexity index is 424. The smallest absolute Gasteiger partial charge is 0.314 e. The Kier molecular flexibility index (Phi) is 4.57. The van der Waals surface area contributed by atoms with Gasteiger partial charge in [-0.1, -0.05) is 6.92 Å². The molecule has 1 aromatic heterocycles. The maximum atomic E-state index is 11.0. The Labute approximate surface area is 105 Å². The number of hydrogen-bond donors (Lipinski definition) is 3. The number of aliphatic hydroxyl groups is 2. The molecule has 1 heterocycles. The molecule has 0 saturated heterocycles. The molecule has 1 rings (SSSR count). The van der Waals surface area contributed by atoms with Gasteiger partial charge in [-0.25, -0.2) is 4.98 Å². The number of hydrogen-bond acceptors (Lipinski definition) is 6. The van der Waals surface area contributed by atoms with E-state index in [1.165, 1.54) is 12.3 Å². The fourth-order valence-electron chi connectivity index (χ4n) is 1.56. The van der Waals surface area contributed by atoms with Crippen LogP contribution < -0.4 is 5.32 Å². The van der Waals surface area contributed by atoms with Crippen molar-refractivity contribution in [2.75, 3.05) is 18.5 Å². The second-order valence-electron chi connectivity index (χ2n) is 4.16. The molecule has 0 unspecified atom stereocenters. The van der Waals surface area contributed by atoms with Gasteiger partial charge < -0.3 is 15.5 Å². The van der Waals surface area contributed by atoms with Gasteiger partial charge in [0.2, 0.25) is 5.82 Å². The summed E-state index contributed by atoms with van der Waals surface area (Å²) in [5, 5.41) is 32.4. The van der Waals surface area contributed by atoms with Crippen molar-refractivity contribution in [3.63, 3.8) is 0 Å². The summed E-state index contributed by atoms with van der Waals surface area (Å²) in [6.07, 6.45) is 1.85. The molecule has 0 radical (unpaired) electrons. The van der Waals surface area contributed by atoms with Crippen molar-refractivity contribution in [3.8, 4) is 0 Å². The molecule has 0 atom stereocenters. The molecule has 7 heteroatoms. The summed E-state index contributed by atoms with van der Waals surface area (Å²) in [6.45, 7) is 2.69. The third-order valence-corrected chi connectivity index (χ3v) is 2.97. The Morgan fingerprint density at radius 1 is 1.50 bits per heavy atom. The van der Waals surface area contributed by atoms with E-state index in [4.69, 9.17) is 0 Å². The average molecular weight is 255 g/mol. The molecule has 0 bridgehead atoms. The van der Waals surface area contributed by atoms with Crippen LogP contribution in [-0.2, 0) is 0 Å². The van der Waals surface area contributed by atoms with Crippen molar-refractivity contribution in [2.24, 2.45) is 0 Å². The number of aliphatic hydroxyl groups excluding tert-OH is 2. The fraction of sp³-hybridized carbons (Fsp3) is 0.545. The molecule has 7 nitrogen and oxygen atoms in total. The largest absolute Gasteiger partial charge is 0.394 e. The van der Waals surface area contributed by atoms with Gasteiger partial charge in [-0.05, 0) is 19.4 Å². The van der Waals surface area contributed by atoms with E-state index in [9.17, 15) is 20.3 Å². The van der Waals surface area contributed by atoms with Crippen molar-refractivity contribution in [3.05, 3.63) is 27.9 Å². The SMILES string of the molecule is CCC(CO)(CO)Nc1nccc(C)c1[N+](=O)[O-]. The zero-order valence-electron chi connectivity index (χ0n) is 10.4. The van der Waals surface area contributed by atoms with Gasteiger partial charge in [0.25, 0.3) is 0 Å². The lowest BCUT2D eigenvalue weighted by Crippen LogP contribution is -2.45. The highest BCUT2D eigenvalue weighted by atomic mass is 16.6. The van der Waals surface area contributed by atoms with Crippen LogP contribution in [0, 0.1) is 17.0 Å². The Hall–Kier alpha value is -1.73. The van der Waals surface area contributed by atoms with E-state index in [0.717, 1.165) is 0 Å². The molecule has 0 saturated carbocycles. The van der Waals surface area contributed by atoms with Crippen LogP contribution in [0.5, 0.6) is 0 Å². The third kappa shape index (κ3) is 2.74. The topological polar surface area (TPSA) is 109 Å². The van der Waals surface area contributed by atoms with Gasteiger partial charge >= 0.3 is 5.69 Å². The summed E-state index contributed by atoms with van der Waals surface area (Å²) in [6, 6.07) is 1.54. The minimum Gasteiger partial charge on any atom is -0.394 e. The van der Waals surface area contributed by atoms with Crippen LogP contribution >= 0.6 is 0 Å². The third-order valence-electron chi connectivity index (χ3n) is 2.97. The van der Waals surface area contributed by atoms with Crippen molar-refractivity contribution < 1.29 is 15.1 Å². The maximum absolute atomic E-state index is 11.0. The predicted octanol–water partition coefficient (Wildman–Crippen LogP) is 0.844. The van der Waals surface area contributed by atoms with Gasteiger partial charge in [0.1, 0.15) is 0 Å². The molecule has 100 valence electrons. The average Bonchev–Trinajstić information content (AvgIpc) is 2.35. The Morgan fingerprint density at radius 3 is 2.56 bits per heavy atom. The van der Waals surface area contributed by atoms with E-state index in [1.807, 2.05) is 0 Å². The monoisotopic (exact) mass is 255 g/mol. The number of pyridine rings is 1. The molecule has 0 aliphatic heterocycles. The number of aromatic nitrogens is 1. The summed E-state index contributed by atoms with van der Waals surface area (Å²) >= 11 is 0. The number of nitrogens with one attached hydrogen (secondary N) is 1. The number of nitro groups is 1. The minimum absolute atomic E-state index is 0.0601. The molecule has 3 N–H and O–H groups in total. The van der Waals surface area contributed by atoms with E-state index >= 15 is 0 Å². The Balaban J connectivity index is 3.18. The van der Waals surface area contributed by atoms with E-state index < -0.39 is 10.5 Å². The first kappa shape index (κ1) is 14.3. The van der Waals surface area contributed by atoms with Crippen molar-refractivity contribution in [1.29, 1.82) is 0 Å². The molecular formula is C11H17N3O4. The van der Waals surface area contributed by atoms with Crippen LogP contribution in [0.4, 0.5) is 11.5 Å². The minimum atomic E-state index is -1.01. The molecular weight excluding hydrogens is 238 g/mol. The molecule has 0 aliphatic rings. The highest BCUT2D eigenvalue weighted by Gasteiger charge is 2.30. The molecule has 0 aromatic carbocycles. The van der Waals surface area contributed by atoms with Crippen LogP contribution in [0.2, 0.25) is 0 Å². The van der Waals surface area contributed by atoms with E-state index in [2.05, 4.69) is 10.3 Å². The van der Waals surface area contributed by atoms with Crippen molar-refractivity contribution in [2.45, 2.75) is 25.8 Å².